The van der Waals surface area contributed by atoms with Crippen molar-refractivity contribution in [3.8, 4) is 5.75 Å². The quantitative estimate of drug-likeness (QED) is 0.292. The molecule has 1 saturated heterocycles. The summed E-state index contributed by atoms with van der Waals surface area (Å²) in [5.74, 6) is 0.793. The molecule has 2 aliphatic heterocycles. The lowest BCUT2D eigenvalue weighted by Crippen LogP contribution is -2.42. The molecule has 9 heteroatoms. The van der Waals surface area contributed by atoms with Gasteiger partial charge in [-0.25, -0.2) is 4.79 Å². The van der Waals surface area contributed by atoms with E-state index in [-0.39, 0.29) is 18.0 Å². The molecule has 0 bridgehead atoms. The van der Waals surface area contributed by atoms with Crippen molar-refractivity contribution in [2.75, 3.05) is 30.4 Å². The summed E-state index contributed by atoms with van der Waals surface area (Å²) < 4.78 is 12.8. The van der Waals surface area contributed by atoms with E-state index in [1.165, 1.54) is 0 Å². The Morgan fingerprint density at radius 1 is 1.05 bits per heavy atom. The average molecular weight is 554 g/mol. The van der Waals surface area contributed by atoms with E-state index in [9.17, 15) is 9.59 Å². The summed E-state index contributed by atoms with van der Waals surface area (Å²) in [4.78, 5) is 29.5. The number of rotatable bonds is 6. The third-order valence-corrected chi connectivity index (χ3v) is 7.66. The number of anilines is 3. The van der Waals surface area contributed by atoms with E-state index in [4.69, 9.17) is 9.47 Å². The molecule has 1 fully saturated rings. The van der Waals surface area contributed by atoms with Crippen molar-refractivity contribution in [1.82, 2.24) is 14.7 Å². The lowest BCUT2D eigenvalue weighted by molar-refractivity contribution is 0.0184. The normalized spacial score (nSPS) is 15.5. The summed E-state index contributed by atoms with van der Waals surface area (Å²) in [5, 5.41) is 10.1. The summed E-state index contributed by atoms with van der Waals surface area (Å²) >= 11 is 0. The molecule has 6 rings (SSSR count). The van der Waals surface area contributed by atoms with E-state index in [1.807, 2.05) is 97.3 Å². The number of amides is 2. The van der Waals surface area contributed by atoms with Gasteiger partial charge in [-0.1, -0.05) is 24.3 Å². The predicted molar refractivity (Wildman–Crippen MR) is 159 cm³/mol. The maximum Gasteiger partial charge on any atom is 0.410 e. The first kappa shape index (κ1) is 26.7. The first-order valence-corrected chi connectivity index (χ1v) is 14.0. The van der Waals surface area contributed by atoms with Gasteiger partial charge in [-0.15, -0.1) is 0 Å². The van der Waals surface area contributed by atoms with Gasteiger partial charge in [-0.2, -0.15) is 5.10 Å². The van der Waals surface area contributed by atoms with Gasteiger partial charge >= 0.3 is 6.09 Å². The number of hydrogen-bond donors (Lipinski definition) is 1. The number of ether oxygens (including phenoxy) is 2. The van der Waals surface area contributed by atoms with Crippen LogP contribution >= 0.6 is 0 Å². The fourth-order valence-corrected chi connectivity index (χ4v) is 5.62. The van der Waals surface area contributed by atoms with Gasteiger partial charge in [0.15, 0.2) is 0 Å². The maximum atomic E-state index is 13.4. The number of methoxy groups -OCH3 is 1. The molecule has 41 heavy (non-hydrogen) atoms. The zero-order chi connectivity index (χ0) is 28.7. The second kappa shape index (κ2) is 10.5. The Balaban J connectivity index is 1.17. The standard InChI is InChI=1S/C32H35N5O4/c1-32(2,3)41-31(39)35-16-14-23(15-17-35)37-20-22(18-33-37)34-27-12-13-28-29-25(27)6-5-7-26(29)30(38)36(28)19-21-8-10-24(40-4)11-9-21/h5-13,18,20,23,34H,14-17,19H2,1-4H3. The average Bonchev–Trinajstić information content (AvgIpc) is 3.53. The van der Waals surface area contributed by atoms with Gasteiger partial charge in [0.1, 0.15) is 11.4 Å². The molecule has 4 aromatic rings. The zero-order valence-corrected chi connectivity index (χ0v) is 23.9. The minimum atomic E-state index is -0.499. The number of likely N-dealkylation sites (tertiary alicyclic amines) is 1. The zero-order valence-electron chi connectivity index (χ0n) is 23.9. The molecule has 0 saturated carbocycles. The fraction of sp³-hybridized carbons (Fsp3) is 0.344. The van der Waals surface area contributed by atoms with Crippen LogP contribution in [0.25, 0.3) is 10.8 Å². The van der Waals surface area contributed by atoms with Crippen LogP contribution in [0.3, 0.4) is 0 Å². The van der Waals surface area contributed by atoms with Crippen LogP contribution in [0.5, 0.6) is 5.75 Å². The lowest BCUT2D eigenvalue weighted by Gasteiger charge is -2.33. The summed E-state index contributed by atoms with van der Waals surface area (Å²) in [5.41, 5.74) is 3.95. The number of nitrogens with one attached hydrogen (secondary N) is 1. The van der Waals surface area contributed by atoms with E-state index in [0.29, 0.717) is 25.2 Å². The van der Waals surface area contributed by atoms with Gasteiger partial charge < -0.3 is 24.6 Å². The molecular formula is C32H35N5O4. The number of hydrogen-bond acceptors (Lipinski definition) is 6. The molecule has 1 aromatic heterocycles. The lowest BCUT2D eigenvalue weighted by atomic mass is 10.0. The molecule has 2 aliphatic rings. The van der Waals surface area contributed by atoms with Crippen molar-refractivity contribution in [3.63, 3.8) is 0 Å². The number of nitrogens with zero attached hydrogens (tertiary/aromatic N) is 4. The third-order valence-electron chi connectivity index (χ3n) is 7.66. The Morgan fingerprint density at radius 3 is 2.51 bits per heavy atom. The largest absolute Gasteiger partial charge is 0.497 e. The third kappa shape index (κ3) is 5.31. The Morgan fingerprint density at radius 2 is 1.80 bits per heavy atom. The highest BCUT2D eigenvalue weighted by Gasteiger charge is 2.31. The van der Waals surface area contributed by atoms with Gasteiger partial charge in [0.2, 0.25) is 0 Å². The van der Waals surface area contributed by atoms with Crippen LogP contribution in [0, 0.1) is 0 Å². The van der Waals surface area contributed by atoms with Gasteiger partial charge in [0.25, 0.3) is 5.91 Å². The Kier molecular flexibility index (Phi) is 6.81. The van der Waals surface area contributed by atoms with E-state index >= 15 is 0 Å². The maximum absolute atomic E-state index is 13.4. The van der Waals surface area contributed by atoms with Crippen molar-refractivity contribution in [2.24, 2.45) is 0 Å². The predicted octanol–water partition coefficient (Wildman–Crippen LogP) is 6.52. The van der Waals surface area contributed by atoms with Gasteiger partial charge in [0.05, 0.1) is 37.3 Å². The minimum absolute atomic E-state index is 0.00381. The summed E-state index contributed by atoms with van der Waals surface area (Å²) in [7, 11) is 1.64. The number of carbonyl (C=O) groups is 2. The molecule has 9 nitrogen and oxygen atoms in total. The number of aromatic nitrogens is 2. The molecule has 3 heterocycles. The van der Waals surface area contributed by atoms with Crippen LogP contribution < -0.4 is 15.0 Å². The van der Waals surface area contributed by atoms with Gasteiger partial charge in [-0.3, -0.25) is 9.48 Å². The monoisotopic (exact) mass is 553 g/mol. The molecule has 0 aliphatic carbocycles. The Bertz CT molecular complexity index is 1600. The highest BCUT2D eigenvalue weighted by atomic mass is 16.6. The van der Waals surface area contributed by atoms with Crippen molar-refractivity contribution >= 4 is 39.8 Å². The Hall–Kier alpha value is -4.53. The smallest absolute Gasteiger partial charge is 0.410 e. The van der Waals surface area contributed by atoms with Crippen LogP contribution in [0.15, 0.2) is 67.0 Å². The van der Waals surface area contributed by atoms with Crippen LogP contribution in [0.4, 0.5) is 21.9 Å². The van der Waals surface area contributed by atoms with Gasteiger partial charge in [-0.05, 0) is 69.5 Å². The topological polar surface area (TPSA) is 88.9 Å². The summed E-state index contributed by atoms with van der Waals surface area (Å²) in [6, 6.07) is 17.9. The van der Waals surface area contributed by atoms with E-state index in [0.717, 1.165) is 52.0 Å². The van der Waals surface area contributed by atoms with E-state index in [2.05, 4.69) is 10.4 Å². The fourth-order valence-electron chi connectivity index (χ4n) is 5.62. The van der Waals surface area contributed by atoms with Crippen LogP contribution in [0.2, 0.25) is 0 Å². The molecular weight excluding hydrogens is 518 g/mol. The van der Waals surface area contributed by atoms with Crippen molar-refractivity contribution < 1.29 is 19.1 Å². The highest BCUT2D eigenvalue weighted by Crippen LogP contribution is 2.42. The van der Waals surface area contributed by atoms with E-state index < -0.39 is 5.60 Å². The molecule has 0 radical (unpaired) electrons. The van der Waals surface area contributed by atoms with Crippen LogP contribution in [-0.4, -0.2) is 52.5 Å². The second-order valence-electron chi connectivity index (χ2n) is 11.6. The molecule has 0 unspecified atom stereocenters. The number of piperidine rings is 1. The van der Waals surface area contributed by atoms with Crippen LogP contribution in [-0.2, 0) is 11.3 Å². The van der Waals surface area contributed by atoms with E-state index in [1.54, 1.807) is 12.0 Å². The van der Waals surface area contributed by atoms with Gasteiger partial charge in [0, 0.05) is 41.3 Å². The molecule has 212 valence electrons. The Labute approximate surface area is 239 Å². The molecule has 3 aromatic carbocycles. The number of benzene rings is 3. The second-order valence-corrected chi connectivity index (χ2v) is 11.6. The summed E-state index contributed by atoms with van der Waals surface area (Å²) in [6.07, 6.45) is 5.20. The van der Waals surface area contributed by atoms with Crippen molar-refractivity contribution in [1.29, 1.82) is 0 Å². The van der Waals surface area contributed by atoms with Crippen molar-refractivity contribution in [2.45, 2.75) is 51.8 Å². The molecule has 0 spiro atoms. The first-order chi connectivity index (χ1) is 19.7. The SMILES string of the molecule is COc1ccc(CN2C(=O)c3cccc4c(Nc5cnn(C6CCN(C(=O)OC(C)(C)C)CC6)c5)ccc2c34)cc1. The van der Waals surface area contributed by atoms with Crippen molar-refractivity contribution in [3.05, 3.63) is 78.1 Å². The van der Waals surface area contributed by atoms with Crippen LogP contribution in [0.1, 0.15) is 55.6 Å². The first-order valence-electron chi connectivity index (χ1n) is 14.0. The number of carbonyl (C=O) groups excluding carboxylic acids is 2. The highest BCUT2D eigenvalue weighted by molar-refractivity contribution is 6.26. The summed E-state index contributed by atoms with van der Waals surface area (Å²) in [6.45, 7) is 7.41. The molecule has 2 amide bonds. The molecule has 1 N–H and O–H groups in total. The molecule has 0 atom stereocenters. The minimum Gasteiger partial charge on any atom is -0.497 e.